The first-order chi connectivity index (χ1) is 10.9. The molecule has 1 atom stereocenters. The SMILES string of the molecule is CNC(=O)NC(=O)[C@H](C)OC(=O)c1cc(=O)[nH]c2ccccc12. The molecule has 8 heteroatoms. The second-order valence-corrected chi connectivity index (χ2v) is 4.71. The average molecular weight is 317 g/mol. The molecule has 0 unspecified atom stereocenters. The van der Waals surface area contributed by atoms with E-state index in [0.717, 1.165) is 6.07 Å². The highest BCUT2D eigenvalue weighted by molar-refractivity contribution is 6.04. The third-order valence-corrected chi connectivity index (χ3v) is 3.09. The summed E-state index contributed by atoms with van der Waals surface area (Å²) in [4.78, 5) is 49.2. The lowest BCUT2D eigenvalue weighted by molar-refractivity contribution is -0.127. The van der Waals surface area contributed by atoms with Crippen molar-refractivity contribution in [2.24, 2.45) is 0 Å². The van der Waals surface area contributed by atoms with E-state index in [1.807, 2.05) is 5.32 Å². The van der Waals surface area contributed by atoms with Crippen LogP contribution in [0.3, 0.4) is 0 Å². The van der Waals surface area contributed by atoms with Crippen LogP contribution in [0.1, 0.15) is 17.3 Å². The summed E-state index contributed by atoms with van der Waals surface area (Å²) in [5.74, 6) is -1.60. The van der Waals surface area contributed by atoms with Crippen molar-refractivity contribution < 1.29 is 19.1 Å². The van der Waals surface area contributed by atoms with Gasteiger partial charge in [0.05, 0.1) is 5.56 Å². The van der Waals surface area contributed by atoms with Crippen molar-refractivity contribution in [1.82, 2.24) is 15.6 Å². The molecule has 0 aliphatic rings. The molecule has 0 aliphatic heterocycles. The third kappa shape index (κ3) is 3.73. The second-order valence-electron chi connectivity index (χ2n) is 4.71. The molecular formula is C15H15N3O5. The predicted molar refractivity (Wildman–Crippen MR) is 82.0 cm³/mol. The van der Waals surface area contributed by atoms with Crippen LogP contribution in [-0.4, -0.2) is 36.0 Å². The number of hydrogen-bond donors (Lipinski definition) is 3. The number of fused-ring (bicyclic) bond motifs is 1. The Labute approximate surface area is 130 Å². The van der Waals surface area contributed by atoms with E-state index >= 15 is 0 Å². The molecule has 0 spiro atoms. The highest BCUT2D eigenvalue weighted by Gasteiger charge is 2.22. The fourth-order valence-corrected chi connectivity index (χ4v) is 1.93. The lowest BCUT2D eigenvalue weighted by Gasteiger charge is -2.13. The van der Waals surface area contributed by atoms with Crippen LogP contribution in [0.2, 0.25) is 0 Å². The highest BCUT2D eigenvalue weighted by Crippen LogP contribution is 2.16. The first-order valence-electron chi connectivity index (χ1n) is 6.78. The summed E-state index contributed by atoms with van der Waals surface area (Å²) < 4.78 is 5.02. The van der Waals surface area contributed by atoms with Gasteiger partial charge in [0.2, 0.25) is 5.56 Å². The van der Waals surface area contributed by atoms with E-state index < -0.39 is 29.6 Å². The van der Waals surface area contributed by atoms with Crippen LogP contribution >= 0.6 is 0 Å². The first-order valence-corrected chi connectivity index (χ1v) is 6.78. The van der Waals surface area contributed by atoms with Crippen LogP contribution in [0.25, 0.3) is 10.9 Å². The number of urea groups is 1. The number of ether oxygens (including phenoxy) is 1. The van der Waals surface area contributed by atoms with Gasteiger partial charge >= 0.3 is 12.0 Å². The summed E-state index contributed by atoms with van der Waals surface area (Å²) in [7, 11) is 1.35. The number of aromatic amines is 1. The van der Waals surface area contributed by atoms with Gasteiger partial charge in [0.25, 0.3) is 5.91 Å². The molecule has 1 heterocycles. The van der Waals surface area contributed by atoms with Crippen molar-refractivity contribution in [2.45, 2.75) is 13.0 Å². The Bertz CT molecular complexity index is 827. The van der Waals surface area contributed by atoms with E-state index in [9.17, 15) is 19.2 Å². The molecule has 8 nitrogen and oxygen atoms in total. The van der Waals surface area contributed by atoms with Crippen molar-refractivity contribution in [1.29, 1.82) is 0 Å². The van der Waals surface area contributed by atoms with E-state index in [1.165, 1.54) is 14.0 Å². The minimum absolute atomic E-state index is 0.0453. The number of nitrogens with one attached hydrogen (secondary N) is 3. The molecule has 0 fully saturated rings. The lowest BCUT2D eigenvalue weighted by Crippen LogP contribution is -2.43. The number of carbonyl (C=O) groups excluding carboxylic acids is 3. The topological polar surface area (TPSA) is 117 Å². The monoisotopic (exact) mass is 317 g/mol. The van der Waals surface area contributed by atoms with Gasteiger partial charge in [0.15, 0.2) is 6.10 Å². The number of pyridine rings is 1. The number of H-pyrrole nitrogens is 1. The van der Waals surface area contributed by atoms with E-state index in [2.05, 4.69) is 10.3 Å². The van der Waals surface area contributed by atoms with E-state index in [1.54, 1.807) is 24.3 Å². The Kier molecular flexibility index (Phi) is 4.75. The van der Waals surface area contributed by atoms with Gasteiger partial charge in [-0.15, -0.1) is 0 Å². The minimum atomic E-state index is -1.20. The number of amides is 3. The fraction of sp³-hybridized carbons (Fsp3) is 0.200. The predicted octanol–water partition coefficient (Wildman–Crippen LogP) is 0.529. The molecule has 1 aromatic heterocycles. The molecule has 2 rings (SSSR count). The van der Waals surface area contributed by atoms with Gasteiger partial charge in [-0.2, -0.15) is 0 Å². The van der Waals surface area contributed by atoms with Crippen LogP contribution in [0.4, 0.5) is 4.79 Å². The number of hydrogen-bond acceptors (Lipinski definition) is 5. The van der Waals surface area contributed by atoms with Crippen LogP contribution in [0.15, 0.2) is 35.1 Å². The Hall–Kier alpha value is -3.16. The lowest BCUT2D eigenvalue weighted by atomic mass is 10.1. The fourth-order valence-electron chi connectivity index (χ4n) is 1.93. The third-order valence-electron chi connectivity index (χ3n) is 3.09. The Morgan fingerprint density at radius 2 is 1.91 bits per heavy atom. The molecule has 1 aromatic carbocycles. The summed E-state index contributed by atoms with van der Waals surface area (Å²) in [6.45, 7) is 1.32. The molecular weight excluding hydrogens is 302 g/mol. The van der Waals surface area contributed by atoms with Gasteiger partial charge in [0.1, 0.15) is 0 Å². The first kappa shape index (κ1) is 16.2. The van der Waals surface area contributed by atoms with Gasteiger partial charge in [-0.3, -0.25) is 14.9 Å². The maximum Gasteiger partial charge on any atom is 0.339 e. The molecule has 3 N–H and O–H groups in total. The van der Waals surface area contributed by atoms with Crippen molar-refractivity contribution >= 4 is 28.8 Å². The zero-order chi connectivity index (χ0) is 17.0. The molecule has 2 aromatic rings. The summed E-state index contributed by atoms with van der Waals surface area (Å²) >= 11 is 0. The molecule has 0 saturated heterocycles. The Morgan fingerprint density at radius 3 is 2.61 bits per heavy atom. The highest BCUT2D eigenvalue weighted by atomic mass is 16.5. The average Bonchev–Trinajstić information content (AvgIpc) is 2.53. The molecule has 0 bridgehead atoms. The maximum atomic E-state index is 12.2. The van der Waals surface area contributed by atoms with Gasteiger partial charge in [-0.25, -0.2) is 9.59 Å². The molecule has 0 radical (unpaired) electrons. The number of imide groups is 1. The zero-order valence-electron chi connectivity index (χ0n) is 12.5. The zero-order valence-corrected chi connectivity index (χ0v) is 12.5. The van der Waals surface area contributed by atoms with Crippen LogP contribution in [0, 0.1) is 0 Å². The van der Waals surface area contributed by atoms with Gasteiger partial charge in [0, 0.05) is 24.0 Å². The Balaban J connectivity index is 2.23. The molecule has 120 valence electrons. The molecule has 23 heavy (non-hydrogen) atoms. The van der Waals surface area contributed by atoms with Crippen LogP contribution in [0.5, 0.6) is 0 Å². The summed E-state index contributed by atoms with van der Waals surface area (Å²) in [5, 5.41) is 4.71. The van der Waals surface area contributed by atoms with E-state index in [0.29, 0.717) is 10.9 Å². The van der Waals surface area contributed by atoms with Crippen LogP contribution in [-0.2, 0) is 9.53 Å². The largest absolute Gasteiger partial charge is 0.449 e. The Morgan fingerprint density at radius 1 is 1.22 bits per heavy atom. The summed E-state index contributed by atoms with van der Waals surface area (Å²) in [6, 6.07) is 7.12. The van der Waals surface area contributed by atoms with Gasteiger partial charge < -0.3 is 15.0 Å². The van der Waals surface area contributed by atoms with Crippen molar-refractivity contribution in [3.8, 4) is 0 Å². The smallest absolute Gasteiger partial charge is 0.339 e. The standard InChI is InChI=1S/C15H15N3O5/c1-8(13(20)18-15(22)16-2)23-14(21)10-7-12(19)17-11-6-4-3-5-9(10)11/h3-8H,1-2H3,(H,17,19)(H2,16,18,20,22)/t8-/m0/s1. The van der Waals surface area contributed by atoms with Crippen LogP contribution < -0.4 is 16.2 Å². The minimum Gasteiger partial charge on any atom is -0.449 e. The van der Waals surface area contributed by atoms with Gasteiger partial charge in [-0.1, -0.05) is 18.2 Å². The second kappa shape index (κ2) is 6.73. The molecule has 0 saturated carbocycles. The molecule has 3 amide bonds. The van der Waals surface area contributed by atoms with Crippen molar-refractivity contribution in [2.75, 3.05) is 7.05 Å². The number of benzene rings is 1. The number of esters is 1. The van der Waals surface area contributed by atoms with Crippen molar-refractivity contribution in [3.63, 3.8) is 0 Å². The normalized spacial score (nSPS) is 11.6. The van der Waals surface area contributed by atoms with Gasteiger partial charge in [-0.05, 0) is 13.0 Å². The maximum absolute atomic E-state index is 12.2. The number of rotatable bonds is 3. The van der Waals surface area contributed by atoms with Crippen molar-refractivity contribution in [3.05, 3.63) is 46.2 Å². The quantitative estimate of drug-likeness (QED) is 0.714. The number of para-hydroxylation sites is 1. The number of carbonyl (C=O) groups is 3. The van der Waals surface area contributed by atoms with E-state index in [-0.39, 0.29) is 5.56 Å². The molecule has 0 aliphatic carbocycles. The number of aromatic nitrogens is 1. The van der Waals surface area contributed by atoms with E-state index in [4.69, 9.17) is 4.74 Å². The summed E-state index contributed by atoms with van der Waals surface area (Å²) in [5.41, 5.74) is 0.0662. The summed E-state index contributed by atoms with van der Waals surface area (Å²) in [6.07, 6.45) is -1.20.